The molecule has 1 heterocycles. The minimum absolute atomic E-state index is 0.278. The summed E-state index contributed by atoms with van der Waals surface area (Å²) in [6, 6.07) is 11.3. The first-order chi connectivity index (χ1) is 18.3. The van der Waals surface area contributed by atoms with Crippen LogP contribution in [0, 0.1) is 0 Å². The predicted molar refractivity (Wildman–Crippen MR) is 142 cm³/mol. The second-order valence-corrected chi connectivity index (χ2v) is 11.0. The van der Waals surface area contributed by atoms with Gasteiger partial charge in [0.15, 0.2) is 0 Å². The number of halogens is 2. The molecule has 4 rings (SSSR count). The Bertz CT molecular complexity index is 1850. The van der Waals surface area contributed by atoms with E-state index in [0.717, 1.165) is 25.1 Å². The van der Waals surface area contributed by atoms with Gasteiger partial charge in [0, 0.05) is 17.7 Å². The van der Waals surface area contributed by atoms with Crippen molar-refractivity contribution in [2.24, 2.45) is 10.2 Å². The molecule has 4 aromatic rings. The zero-order chi connectivity index (χ0) is 28.5. The second-order valence-electron chi connectivity index (χ2n) is 7.60. The molecule has 0 aliphatic rings. The van der Waals surface area contributed by atoms with Crippen molar-refractivity contribution in [3.63, 3.8) is 0 Å². The first-order valence-electron chi connectivity index (χ1n) is 10.4. The molecule has 39 heavy (non-hydrogen) atoms. The molecule has 0 saturated carbocycles. The molecular weight excluding hydrogens is 597 g/mol. The summed E-state index contributed by atoms with van der Waals surface area (Å²) in [5.41, 5.74) is -1.14. The van der Waals surface area contributed by atoms with Gasteiger partial charge in [-0.1, -0.05) is 30.3 Å². The van der Waals surface area contributed by atoms with E-state index >= 15 is 0 Å². The first-order valence-corrected chi connectivity index (χ1v) is 14.1. The molecule has 1 aromatic heterocycles. The van der Waals surface area contributed by atoms with E-state index in [1.165, 1.54) is 0 Å². The van der Waals surface area contributed by atoms with E-state index in [9.17, 15) is 30.7 Å². The Kier molecular flexibility index (Phi) is 7.78. The predicted octanol–water partition coefficient (Wildman–Crippen LogP) is 4.94. The van der Waals surface area contributed by atoms with Crippen molar-refractivity contribution in [2.45, 2.75) is 16.7 Å². The van der Waals surface area contributed by atoms with E-state index in [1.54, 1.807) is 30.3 Å². The third kappa shape index (κ3) is 6.27. The minimum atomic E-state index is -5.18. The molecule has 4 N–H and O–H groups in total. The van der Waals surface area contributed by atoms with E-state index in [0.29, 0.717) is 0 Å². The standard InChI is InChI=1S/C21H15Cl2N7O7S2/c1-10(31)24-17-16(30-29-11-6-3-2-4-7-11)15(25-21-27-19(22)26-20(23)28-21)14-12(18(17)39(35,36)37)8-5-9-13(14)38(32,33)34/h2-9H,1H3,(H,24,31)(H,32,33,34)(H,35,36,37)(H,25,26,27,28). The summed E-state index contributed by atoms with van der Waals surface area (Å²) in [5.74, 6) is -1.13. The summed E-state index contributed by atoms with van der Waals surface area (Å²) in [4.78, 5) is 21.8. The Labute approximate surface area is 230 Å². The van der Waals surface area contributed by atoms with Gasteiger partial charge in [0.2, 0.25) is 22.4 Å². The number of nitrogens with one attached hydrogen (secondary N) is 2. The van der Waals surface area contributed by atoms with E-state index < -0.39 is 58.1 Å². The van der Waals surface area contributed by atoms with Crippen LogP contribution in [0.5, 0.6) is 0 Å². The smallest absolute Gasteiger partial charge is 0.297 e. The van der Waals surface area contributed by atoms with Crippen LogP contribution in [0.1, 0.15) is 6.92 Å². The highest BCUT2D eigenvalue weighted by Crippen LogP contribution is 2.49. The molecule has 0 spiro atoms. The summed E-state index contributed by atoms with van der Waals surface area (Å²) in [7, 11) is -10.2. The summed E-state index contributed by atoms with van der Waals surface area (Å²) in [5, 5.41) is 11.4. The lowest BCUT2D eigenvalue weighted by molar-refractivity contribution is -0.114. The van der Waals surface area contributed by atoms with Gasteiger partial charge in [0.1, 0.15) is 15.5 Å². The van der Waals surface area contributed by atoms with Crippen molar-refractivity contribution in [2.75, 3.05) is 10.6 Å². The topological polar surface area (TPSA) is 213 Å². The summed E-state index contributed by atoms with van der Waals surface area (Å²) in [6.07, 6.45) is 0. The number of anilines is 3. The van der Waals surface area contributed by atoms with Crippen LogP contribution >= 0.6 is 23.2 Å². The summed E-state index contributed by atoms with van der Waals surface area (Å²) >= 11 is 11.7. The van der Waals surface area contributed by atoms with Crippen molar-refractivity contribution in [3.8, 4) is 0 Å². The number of rotatable bonds is 7. The third-order valence-electron chi connectivity index (χ3n) is 4.90. The van der Waals surface area contributed by atoms with Crippen molar-refractivity contribution in [3.05, 3.63) is 59.1 Å². The Morgan fingerprint density at radius 1 is 0.846 bits per heavy atom. The Morgan fingerprint density at radius 3 is 2.05 bits per heavy atom. The number of nitrogens with zero attached hydrogens (tertiary/aromatic N) is 5. The van der Waals surface area contributed by atoms with Crippen molar-refractivity contribution >= 4 is 88.8 Å². The van der Waals surface area contributed by atoms with Crippen molar-refractivity contribution < 1.29 is 30.7 Å². The minimum Gasteiger partial charge on any atom is -0.323 e. The number of hydrogen-bond donors (Lipinski definition) is 4. The Morgan fingerprint density at radius 2 is 1.49 bits per heavy atom. The molecule has 0 aliphatic carbocycles. The zero-order valence-electron chi connectivity index (χ0n) is 19.4. The van der Waals surface area contributed by atoms with Crippen LogP contribution in [0.2, 0.25) is 10.6 Å². The summed E-state index contributed by atoms with van der Waals surface area (Å²) in [6.45, 7) is 1.06. The van der Waals surface area contributed by atoms with E-state index in [2.05, 4.69) is 35.8 Å². The van der Waals surface area contributed by atoms with Gasteiger partial charge in [0.25, 0.3) is 20.2 Å². The molecule has 0 fully saturated rings. The molecule has 14 nitrogen and oxygen atoms in total. The number of benzene rings is 3. The van der Waals surface area contributed by atoms with Gasteiger partial charge in [0.05, 0.1) is 17.1 Å². The number of hydrogen-bond acceptors (Lipinski definition) is 11. The average Bonchev–Trinajstić information content (AvgIpc) is 2.81. The van der Waals surface area contributed by atoms with Crippen LogP contribution in [0.4, 0.5) is 28.7 Å². The number of aromatic nitrogens is 3. The maximum atomic E-state index is 12.6. The highest BCUT2D eigenvalue weighted by Gasteiger charge is 2.31. The molecule has 1 amide bonds. The quantitative estimate of drug-likeness (QED) is 0.162. The number of amides is 1. The highest BCUT2D eigenvalue weighted by molar-refractivity contribution is 7.86. The lowest BCUT2D eigenvalue weighted by atomic mass is 10.0. The Balaban J connectivity index is 2.25. The number of fused-ring (bicyclic) bond motifs is 1. The third-order valence-corrected chi connectivity index (χ3v) is 7.07. The van der Waals surface area contributed by atoms with Gasteiger partial charge in [-0.25, -0.2) is 0 Å². The maximum Gasteiger partial charge on any atom is 0.297 e. The fourth-order valence-electron chi connectivity index (χ4n) is 3.56. The molecule has 0 atom stereocenters. The van der Waals surface area contributed by atoms with Gasteiger partial charge in [-0.2, -0.15) is 36.9 Å². The van der Waals surface area contributed by atoms with Crippen LogP contribution in [0.3, 0.4) is 0 Å². The zero-order valence-corrected chi connectivity index (χ0v) is 22.5. The largest absolute Gasteiger partial charge is 0.323 e. The van der Waals surface area contributed by atoms with Crippen LogP contribution < -0.4 is 10.6 Å². The molecule has 18 heteroatoms. The lowest BCUT2D eigenvalue weighted by Crippen LogP contribution is -2.14. The van der Waals surface area contributed by atoms with Gasteiger partial charge in [-0.3, -0.25) is 13.9 Å². The van der Waals surface area contributed by atoms with Gasteiger partial charge in [-0.15, -0.1) is 5.11 Å². The van der Waals surface area contributed by atoms with Crippen LogP contribution in [0.15, 0.2) is 68.6 Å². The molecule has 0 radical (unpaired) electrons. The first kappa shape index (κ1) is 28.2. The normalized spacial score (nSPS) is 12.1. The molecular formula is C21H15Cl2N7O7S2. The molecule has 0 saturated heterocycles. The fraction of sp³-hybridized carbons (Fsp3) is 0.0476. The lowest BCUT2D eigenvalue weighted by Gasteiger charge is -2.20. The van der Waals surface area contributed by atoms with Crippen molar-refractivity contribution in [1.29, 1.82) is 0 Å². The average molecular weight is 612 g/mol. The summed E-state index contributed by atoms with van der Waals surface area (Å²) < 4.78 is 70.2. The van der Waals surface area contributed by atoms with E-state index in [1.807, 2.05) is 0 Å². The SMILES string of the molecule is CC(=O)Nc1c(N=Nc2ccccc2)c(Nc2nc(Cl)nc(Cl)n2)c2c(S(=O)(=O)O)cccc2c1S(=O)(=O)O. The monoisotopic (exact) mass is 611 g/mol. The molecule has 0 unspecified atom stereocenters. The fourth-order valence-corrected chi connectivity index (χ4v) is 5.49. The molecule has 0 aliphatic heterocycles. The van der Waals surface area contributed by atoms with Crippen LogP contribution in [-0.4, -0.2) is 46.8 Å². The maximum absolute atomic E-state index is 12.6. The number of carbonyl (C=O) groups is 1. The highest BCUT2D eigenvalue weighted by atomic mass is 35.5. The second kappa shape index (κ2) is 10.8. The number of azo groups is 1. The van der Waals surface area contributed by atoms with Crippen LogP contribution in [-0.2, 0) is 25.0 Å². The van der Waals surface area contributed by atoms with Gasteiger partial charge in [-0.05, 0) is 41.4 Å². The molecule has 0 bridgehead atoms. The molecule has 202 valence electrons. The van der Waals surface area contributed by atoms with Gasteiger partial charge < -0.3 is 10.6 Å². The molecule has 3 aromatic carbocycles. The van der Waals surface area contributed by atoms with E-state index in [-0.39, 0.29) is 27.9 Å². The Hall–Kier alpha value is -3.80. The number of carbonyl (C=O) groups excluding carboxylic acids is 1. The van der Waals surface area contributed by atoms with Crippen LogP contribution in [0.25, 0.3) is 10.8 Å². The van der Waals surface area contributed by atoms with Gasteiger partial charge >= 0.3 is 0 Å². The van der Waals surface area contributed by atoms with Crippen molar-refractivity contribution in [1.82, 2.24) is 15.0 Å². The van der Waals surface area contributed by atoms with E-state index in [4.69, 9.17) is 23.2 Å².